The molecule has 0 aromatic carbocycles. The Morgan fingerprint density at radius 3 is 2.17 bits per heavy atom. The SMILES string of the molecule is CC(C)(C)NC(=O)CNCC1CCCCCCC1. The average Bonchev–Trinajstić information content (AvgIpc) is 2.18. The van der Waals surface area contributed by atoms with Crippen molar-refractivity contribution in [1.29, 1.82) is 0 Å². The molecule has 1 aliphatic rings. The number of carbonyl (C=O) groups is 1. The second kappa shape index (κ2) is 7.78. The first kappa shape index (κ1) is 15.5. The molecular weight excluding hydrogens is 224 g/mol. The van der Waals surface area contributed by atoms with E-state index in [1.807, 2.05) is 20.8 Å². The maximum atomic E-state index is 11.6. The molecule has 1 amide bonds. The largest absolute Gasteiger partial charge is 0.350 e. The zero-order valence-electron chi connectivity index (χ0n) is 12.3. The zero-order chi connectivity index (χ0) is 13.4. The lowest BCUT2D eigenvalue weighted by atomic mass is 9.91. The second-order valence-electron chi connectivity index (χ2n) is 6.64. The number of amides is 1. The summed E-state index contributed by atoms with van der Waals surface area (Å²) in [4.78, 5) is 11.6. The van der Waals surface area contributed by atoms with Crippen LogP contribution in [-0.2, 0) is 4.79 Å². The summed E-state index contributed by atoms with van der Waals surface area (Å²) < 4.78 is 0. The highest BCUT2D eigenvalue weighted by atomic mass is 16.2. The van der Waals surface area contributed by atoms with Crippen LogP contribution in [0.15, 0.2) is 0 Å². The highest BCUT2D eigenvalue weighted by Crippen LogP contribution is 2.21. The van der Waals surface area contributed by atoms with Crippen LogP contribution in [0.5, 0.6) is 0 Å². The molecule has 1 saturated carbocycles. The van der Waals surface area contributed by atoms with E-state index in [9.17, 15) is 4.79 Å². The van der Waals surface area contributed by atoms with Crippen LogP contribution in [-0.4, -0.2) is 24.5 Å². The fraction of sp³-hybridized carbons (Fsp3) is 0.933. The molecule has 0 aromatic rings. The Bertz CT molecular complexity index is 237. The minimum Gasteiger partial charge on any atom is -0.350 e. The first-order valence-corrected chi connectivity index (χ1v) is 7.49. The van der Waals surface area contributed by atoms with Crippen molar-refractivity contribution in [3.8, 4) is 0 Å². The third-order valence-corrected chi connectivity index (χ3v) is 3.46. The van der Waals surface area contributed by atoms with Gasteiger partial charge in [0.15, 0.2) is 0 Å². The predicted octanol–water partition coefficient (Wildman–Crippen LogP) is 2.85. The van der Waals surface area contributed by atoms with E-state index >= 15 is 0 Å². The molecule has 3 heteroatoms. The molecule has 0 aliphatic heterocycles. The van der Waals surface area contributed by atoms with Gasteiger partial charge < -0.3 is 10.6 Å². The topological polar surface area (TPSA) is 41.1 Å². The van der Waals surface area contributed by atoms with Crippen molar-refractivity contribution in [1.82, 2.24) is 10.6 Å². The van der Waals surface area contributed by atoms with Crippen molar-refractivity contribution in [2.45, 2.75) is 71.3 Å². The van der Waals surface area contributed by atoms with Crippen molar-refractivity contribution >= 4 is 5.91 Å². The summed E-state index contributed by atoms with van der Waals surface area (Å²) in [6.07, 6.45) is 9.57. The lowest BCUT2D eigenvalue weighted by molar-refractivity contribution is -0.121. The van der Waals surface area contributed by atoms with Gasteiger partial charge in [-0.1, -0.05) is 32.1 Å². The van der Waals surface area contributed by atoms with E-state index in [4.69, 9.17) is 0 Å². The van der Waals surface area contributed by atoms with Gasteiger partial charge in [-0.25, -0.2) is 0 Å². The van der Waals surface area contributed by atoms with Crippen LogP contribution in [0.4, 0.5) is 0 Å². The van der Waals surface area contributed by atoms with E-state index in [1.54, 1.807) is 0 Å². The first-order valence-electron chi connectivity index (χ1n) is 7.49. The first-order chi connectivity index (χ1) is 8.47. The van der Waals surface area contributed by atoms with E-state index in [0.717, 1.165) is 12.5 Å². The minimum absolute atomic E-state index is 0.105. The Balaban J connectivity index is 2.13. The van der Waals surface area contributed by atoms with Crippen molar-refractivity contribution < 1.29 is 4.79 Å². The fourth-order valence-electron chi connectivity index (χ4n) is 2.60. The van der Waals surface area contributed by atoms with E-state index < -0.39 is 0 Å². The molecular formula is C15H30N2O. The molecule has 0 unspecified atom stereocenters. The highest BCUT2D eigenvalue weighted by molar-refractivity contribution is 5.78. The van der Waals surface area contributed by atoms with E-state index in [-0.39, 0.29) is 11.4 Å². The quantitative estimate of drug-likeness (QED) is 0.810. The Hall–Kier alpha value is -0.570. The Kier molecular flexibility index (Phi) is 6.69. The molecule has 18 heavy (non-hydrogen) atoms. The number of hydrogen-bond acceptors (Lipinski definition) is 2. The van der Waals surface area contributed by atoms with Gasteiger partial charge in [0.1, 0.15) is 0 Å². The minimum atomic E-state index is -0.126. The molecule has 3 nitrogen and oxygen atoms in total. The molecule has 2 N–H and O–H groups in total. The molecule has 1 rings (SSSR count). The van der Waals surface area contributed by atoms with Crippen LogP contribution in [0.2, 0.25) is 0 Å². The van der Waals surface area contributed by atoms with Crippen LogP contribution < -0.4 is 10.6 Å². The normalized spacial score (nSPS) is 19.1. The van der Waals surface area contributed by atoms with Crippen LogP contribution in [0.25, 0.3) is 0 Å². The molecule has 1 aliphatic carbocycles. The molecule has 0 bridgehead atoms. The summed E-state index contributed by atoms with van der Waals surface area (Å²) in [5.74, 6) is 0.876. The number of nitrogens with one attached hydrogen (secondary N) is 2. The number of rotatable bonds is 4. The Morgan fingerprint density at radius 1 is 1.06 bits per heavy atom. The Labute approximate surface area is 112 Å². The molecule has 0 radical (unpaired) electrons. The summed E-state index contributed by atoms with van der Waals surface area (Å²) in [7, 11) is 0. The average molecular weight is 254 g/mol. The van der Waals surface area contributed by atoms with Gasteiger partial charge in [0, 0.05) is 5.54 Å². The third-order valence-electron chi connectivity index (χ3n) is 3.46. The number of hydrogen-bond donors (Lipinski definition) is 2. The van der Waals surface area contributed by atoms with Gasteiger partial charge in [0.25, 0.3) is 0 Å². The van der Waals surface area contributed by atoms with Gasteiger partial charge in [0.2, 0.25) is 5.91 Å². The molecule has 1 fully saturated rings. The highest BCUT2D eigenvalue weighted by Gasteiger charge is 2.14. The second-order valence-corrected chi connectivity index (χ2v) is 6.64. The lowest BCUT2D eigenvalue weighted by Gasteiger charge is -2.22. The van der Waals surface area contributed by atoms with Gasteiger partial charge in [-0.3, -0.25) is 4.79 Å². The lowest BCUT2D eigenvalue weighted by Crippen LogP contribution is -2.45. The molecule has 0 aromatic heterocycles. The standard InChI is InChI=1S/C15H30N2O/c1-15(2,3)17-14(18)12-16-11-13-9-7-5-4-6-8-10-13/h13,16H,4-12H2,1-3H3,(H,17,18). The van der Waals surface area contributed by atoms with Gasteiger partial charge >= 0.3 is 0 Å². The van der Waals surface area contributed by atoms with Crippen molar-refractivity contribution in [2.24, 2.45) is 5.92 Å². The van der Waals surface area contributed by atoms with Gasteiger partial charge in [-0.05, 0) is 46.1 Å². The smallest absolute Gasteiger partial charge is 0.234 e. The summed E-state index contributed by atoms with van der Waals surface area (Å²) in [6.45, 7) is 7.49. The van der Waals surface area contributed by atoms with Crippen LogP contribution in [0, 0.1) is 5.92 Å². The van der Waals surface area contributed by atoms with Gasteiger partial charge in [0.05, 0.1) is 6.54 Å². The Morgan fingerprint density at radius 2 is 1.61 bits per heavy atom. The molecule has 0 saturated heterocycles. The third kappa shape index (κ3) is 7.70. The van der Waals surface area contributed by atoms with Gasteiger partial charge in [-0.15, -0.1) is 0 Å². The summed E-state index contributed by atoms with van der Waals surface area (Å²) in [5, 5.41) is 6.29. The van der Waals surface area contributed by atoms with Crippen molar-refractivity contribution in [3.63, 3.8) is 0 Å². The van der Waals surface area contributed by atoms with Crippen LogP contribution >= 0.6 is 0 Å². The maximum absolute atomic E-state index is 11.6. The summed E-state index contributed by atoms with van der Waals surface area (Å²) in [5.41, 5.74) is -0.126. The maximum Gasteiger partial charge on any atom is 0.234 e. The summed E-state index contributed by atoms with van der Waals surface area (Å²) in [6, 6.07) is 0. The molecule has 0 heterocycles. The molecule has 0 atom stereocenters. The van der Waals surface area contributed by atoms with Crippen LogP contribution in [0.1, 0.15) is 65.7 Å². The van der Waals surface area contributed by atoms with Crippen molar-refractivity contribution in [2.75, 3.05) is 13.1 Å². The zero-order valence-corrected chi connectivity index (χ0v) is 12.3. The van der Waals surface area contributed by atoms with Crippen molar-refractivity contribution in [3.05, 3.63) is 0 Å². The van der Waals surface area contributed by atoms with E-state index in [0.29, 0.717) is 6.54 Å². The molecule has 0 spiro atoms. The predicted molar refractivity (Wildman–Crippen MR) is 76.6 cm³/mol. The van der Waals surface area contributed by atoms with E-state index in [1.165, 1.54) is 44.9 Å². The summed E-state index contributed by atoms with van der Waals surface area (Å²) >= 11 is 0. The van der Waals surface area contributed by atoms with Crippen LogP contribution in [0.3, 0.4) is 0 Å². The van der Waals surface area contributed by atoms with E-state index in [2.05, 4.69) is 10.6 Å². The van der Waals surface area contributed by atoms with Gasteiger partial charge in [-0.2, -0.15) is 0 Å². The monoisotopic (exact) mass is 254 g/mol. The fourth-order valence-corrected chi connectivity index (χ4v) is 2.60. The molecule has 106 valence electrons. The number of carbonyl (C=O) groups excluding carboxylic acids is 1.